The Kier molecular flexibility index (Phi) is 6.72. The van der Waals surface area contributed by atoms with Crippen LogP contribution < -0.4 is 9.47 Å². The van der Waals surface area contributed by atoms with Crippen LogP contribution in [0.25, 0.3) is 22.6 Å². The minimum atomic E-state index is -0.865. The van der Waals surface area contributed by atoms with Crippen LogP contribution in [0.4, 0.5) is 4.39 Å². The first-order valence-corrected chi connectivity index (χ1v) is 12.4. The number of hydrogen-bond donors (Lipinski definition) is 1. The fourth-order valence-corrected chi connectivity index (χ4v) is 4.17. The molecule has 0 unspecified atom stereocenters. The largest absolute Gasteiger partial charge is 0.494 e. The third kappa shape index (κ3) is 5.51. The van der Waals surface area contributed by atoms with Crippen molar-refractivity contribution < 1.29 is 23.8 Å². The van der Waals surface area contributed by atoms with Crippen molar-refractivity contribution in [3.05, 3.63) is 65.2 Å². The zero-order valence-corrected chi connectivity index (χ0v) is 21.2. The number of rotatable bonds is 10. The molecule has 8 nitrogen and oxygen atoms in total. The van der Waals surface area contributed by atoms with Gasteiger partial charge >= 0.3 is 5.97 Å². The molecular formula is C27H26ClFN4O4. The summed E-state index contributed by atoms with van der Waals surface area (Å²) in [6.45, 7) is 4.21. The Bertz CT molecular complexity index is 1470. The van der Waals surface area contributed by atoms with Crippen LogP contribution in [0.5, 0.6) is 11.6 Å². The molecule has 0 aliphatic heterocycles. The summed E-state index contributed by atoms with van der Waals surface area (Å²) in [5.74, 6) is -0.260. The van der Waals surface area contributed by atoms with E-state index in [9.17, 15) is 9.18 Å². The number of carboxylic acid groups (broad SMARTS) is 1. The summed E-state index contributed by atoms with van der Waals surface area (Å²) in [6, 6.07) is 11.6. The molecule has 4 aromatic rings. The summed E-state index contributed by atoms with van der Waals surface area (Å²) in [5.41, 5.74) is 2.15. The highest BCUT2D eigenvalue weighted by molar-refractivity contribution is 6.33. The molecule has 1 N–H and O–H groups in total. The maximum absolute atomic E-state index is 14.0. The lowest BCUT2D eigenvalue weighted by molar-refractivity contribution is -0.141. The topological polar surface area (TPSA) is 99.4 Å². The molecule has 0 amide bonds. The predicted molar refractivity (Wildman–Crippen MR) is 136 cm³/mol. The Morgan fingerprint density at radius 1 is 1.24 bits per heavy atom. The molecular weight excluding hydrogens is 499 g/mol. The second-order valence-corrected chi connectivity index (χ2v) is 9.98. The van der Waals surface area contributed by atoms with Gasteiger partial charge in [0.05, 0.1) is 24.1 Å². The van der Waals surface area contributed by atoms with Crippen molar-refractivity contribution in [3.63, 3.8) is 0 Å². The van der Waals surface area contributed by atoms with E-state index >= 15 is 0 Å². The number of ether oxygens (including phenoxy) is 2. The molecule has 2 aromatic carbocycles. The summed E-state index contributed by atoms with van der Waals surface area (Å²) >= 11 is 6.69. The fraction of sp³-hybridized carbons (Fsp3) is 0.333. The summed E-state index contributed by atoms with van der Waals surface area (Å²) in [6.07, 6.45) is 3.69. The van der Waals surface area contributed by atoms with Crippen LogP contribution >= 0.6 is 11.6 Å². The fourth-order valence-electron chi connectivity index (χ4n) is 3.92. The molecule has 1 fully saturated rings. The van der Waals surface area contributed by atoms with E-state index in [1.807, 2.05) is 17.6 Å². The molecule has 0 radical (unpaired) electrons. The van der Waals surface area contributed by atoms with Gasteiger partial charge in [-0.2, -0.15) is 4.98 Å². The van der Waals surface area contributed by atoms with E-state index in [4.69, 9.17) is 31.2 Å². The highest BCUT2D eigenvalue weighted by Gasteiger charge is 2.41. The lowest BCUT2D eigenvalue weighted by atomic mass is 10.1. The van der Waals surface area contributed by atoms with Crippen LogP contribution in [0, 0.1) is 11.7 Å². The number of benzene rings is 2. The van der Waals surface area contributed by atoms with E-state index in [1.54, 1.807) is 31.2 Å². The third-order valence-corrected chi connectivity index (χ3v) is 6.76. The lowest BCUT2D eigenvalue weighted by Gasteiger charge is -2.13. The molecule has 1 atom stereocenters. The van der Waals surface area contributed by atoms with Gasteiger partial charge in [-0.1, -0.05) is 30.7 Å². The van der Waals surface area contributed by atoms with Gasteiger partial charge in [-0.25, -0.2) is 14.4 Å². The van der Waals surface area contributed by atoms with Gasteiger partial charge in [0.1, 0.15) is 29.3 Å². The normalized spacial score (nSPS) is 14.9. The quantitative estimate of drug-likeness (QED) is 0.282. The molecule has 10 heteroatoms. The summed E-state index contributed by atoms with van der Waals surface area (Å²) in [5, 5.41) is 9.45. The maximum Gasteiger partial charge on any atom is 0.306 e. The lowest BCUT2D eigenvalue weighted by Crippen LogP contribution is -2.13. The van der Waals surface area contributed by atoms with Crippen molar-refractivity contribution in [1.82, 2.24) is 19.5 Å². The molecule has 5 rings (SSSR count). The van der Waals surface area contributed by atoms with Gasteiger partial charge in [0.25, 0.3) is 0 Å². The molecule has 2 aromatic heterocycles. The molecule has 1 aliphatic carbocycles. The van der Waals surface area contributed by atoms with Crippen LogP contribution in [-0.4, -0.2) is 42.8 Å². The Morgan fingerprint density at radius 2 is 2.05 bits per heavy atom. The minimum Gasteiger partial charge on any atom is -0.494 e. The number of halogens is 2. The molecule has 2 heterocycles. The van der Waals surface area contributed by atoms with Gasteiger partial charge in [0.2, 0.25) is 5.88 Å². The van der Waals surface area contributed by atoms with Gasteiger partial charge < -0.3 is 19.1 Å². The van der Waals surface area contributed by atoms with Gasteiger partial charge in [-0.3, -0.25) is 4.79 Å². The second kappa shape index (κ2) is 9.97. The zero-order valence-electron chi connectivity index (χ0n) is 20.4. The first-order valence-electron chi connectivity index (χ1n) is 12.0. The van der Waals surface area contributed by atoms with Crippen LogP contribution in [0.3, 0.4) is 0 Å². The SMILES string of the molecule is C[C@H](CCOc1ccc(-c2nc3c(OC4(C)CC4)ncnc3n2Cc2cccc(F)c2)c(Cl)c1)C(=O)O. The Balaban J connectivity index is 1.52. The van der Waals surface area contributed by atoms with Gasteiger partial charge in [0, 0.05) is 5.56 Å². The summed E-state index contributed by atoms with van der Waals surface area (Å²) in [4.78, 5) is 24.7. The van der Waals surface area contributed by atoms with Crippen molar-refractivity contribution in [2.24, 2.45) is 5.92 Å². The highest BCUT2D eigenvalue weighted by Crippen LogP contribution is 2.41. The monoisotopic (exact) mass is 524 g/mol. The maximum atomic E-state index is 14.0. The molecule has 0 bridgehead atoms. The molecule has 1 saturated carbocycles. The summed E-state index contributed by atoms with van der Waals surface area (Å²) < 4.78 is 27.7. The molecule has 0 spiro atoms. The zero-order chi connectivity index (χ0) is 26.2. The molecule has 0 saturated heterocycles. The number of aromatic nitrogens is 4. The number of nitrogens with zero attached hydrogens (tertiary/aromatic N) is 4. The van der Waals surface area contributed by atoms with E-state index in [0.29, 0.717) is 52.2 Å². The smallest absolute Gasteiger partial charge is 0.306 e. The van der Waals surface area contributed by atoms with Crippen molar-refractivity contribution in [1.29, 1.82) is 0 Å². The predicted octanol–water partition coefficient (Wildman–Crippen LogP) is 5.76. The minimum absolute atomic E-state index is 0.246. The van der Waals surface area contributed by atoms with Crippen molar-refractivity contribution >= 4 is 28.7 Å². The number of fused-ring (bicyclic) bond motifs is 1. The Hall–Kier alpha value is -3.72. The van der Waals surface area contributed by atoms with Crippen molar-refractivity contribution in [2.75, 3.05) is 6.61 Å². The van der Waals surface area contributed by atoms with Crippen LogP contribution in [-0.2, 0) is 11.3 Å². The number of carbonyl (C=O) groups is 1. The number of hydrogen-bond acceptors (Lipinski definition) is 6. The van der Waals surface area contributed by atoms with Crippen LogP contribution in [0.1, 0.15) is 38.7 Å². The molecule has 1 aliphatic rings. The first-order chi connectivity index (χ1) is 17.7. The van der Waals surface area contributed by atoms with Crippen molar-refractivity contribution in [2.45, 2.75) is 45.3 Å². The average molecular weight is 525 g/mol. The number of aliphatic carboxylic acids is 1. The van der Waals surface area contributed by atoms with Gasteiger partial charge in [-0.15, -0.1) is 0 Å². The standard InChI is InChI=1S/C27H26ClFN4O4/c1-16(26(34)35)8-11-36-19-6-7-20(21(28)13-19)23-32-22-24(30-15-31-25(22)37-27(2)9-10-27)33(23)14-17-4-3-5-18(29)12-17/h3-7,12-13,15-16H,8-11,14H2,1-2H3,(H,34,35)/t16-/m1/s1. The van der Waals surface area contributed by atoms with Gasteiger partial charge in [-0.05, 0) is 62.1 Å². The summed E-state index contributed by atoms with van der Waals surface area (Å²) in [7, 11) is 0. The second-order valence-electron chi connectivity index (χ2n) is 9.57. The number of carboxylic acids is 1. The van der Waals surface area contributed by atoms with E-state index in [0.717, 1.165) is 18.4 Å². The Morgan fingerprint density at radius 3 is 2.76 bits per heavy atom. The van der Waals surface area contributed by atoms with Crippen LogP contribution in [0.15, 0.2) is 48.8 Å². The Labute approximate surface area is 218 Å². The van der Waals surface area contributed by atoms with E-state index in [2.05, 4.69) is 9.97 Å². The molecule has 37 heavy (non-hydrogen) atoms. The van der Waals surface area contributed by atoms with E-state index < -0.39 is 11.9 Å². The van der Waals surface area contributed by atoms with Gasteiger partial charge in [0.15, 0.2) is 11.2 Å². The molecule has 192 valence electrons. The van der Waals surface area contributed by atoms with Crippen LogP contribution in [0.2, 0.25) is 5.02 Å². The van der Waals surface area contributed by atoms with E-state index in [1.165, 1.54) is 18.5 Å². The van der Waals surface area contributed by atoms with E-state index in [-0.39, 0.29) is 18.0 Å². The van der Waals surface area contributed by atoms with Crippen molar-refractivity contribution in [3.8, 4) is 23.0 Å². The number of imidazole rings is 1. The first kappa shape index (κ1) is 25.0. The highest BCUT2D eigenvalue weighted by atomic mass is 35.5. The third-order valence-electron chi connectivity index (χ3n) is 6.45. The average Bonchev–Trinajstić information content (AvgIpc) is 3.47.